The number of anilines is 3. The van der Waals surface area contributed by atoms with Crippen molar-refractivity contribution in [1.29, 1.82) is 0 Å². The fraction of sp³-hybridized carbons (Fsp3) is 0. The van der Waals surface area contributed by atoms with Gasteiger partial charge in [-0.25, -0.2) is 0 Å². The molecule has 4 heterocycles. The Kier molecular flexibility index (Phi) is 8.44. The zero-order valence-corrected chi connectivity index (χ0v) is 38.8. The molecule has 0 bridgehead atoms. The zero-order valence-electron chi connectivity index (χ0n) is 37.8. The molecule has 0 atom stereocenters. The standard InChI is InChI=1S/C64H40BNO3Si/c1-3-19-45(20-4-1)70(46-21-5-2-6-22-46)61-36-34-42(49-26-16-27-51-50-24-9-12-30-56(50)69-64(49)51)37-55(61)66(54-35-33-43(38-62(54)70)48-25-15-18-41-17-7-8-23-47(41)48)44-39-59-63-60(40-44)68-58-32-14-11-29-53(58)65(63)52-28-10-13-31-57(52)67-59/h1-40H. The van der Waals surface area contributed by atoms with E-state index in [2.05, 4.69) is 241 Å². The number of ether oxygens (including phenoxy) is 2. The molecule has 6 heteroatoms. The van der Waals surface area contributed by atoms with Gasteiger partial charge in [-0.2, -0.15) is 0 Å². The Morgan fingerprint density at radius 2 is 0.957 bits per heavy atom. The summed E-state index contributed by atoms with van der Waals surface area (Å²) in [5.41, 5.74) is 12.8. The maximum atomic E-state index is 7.00. The van der Waals surface area contributed by atoms with Crippen molar-refractivity contribution in [2.45, 2.75) is 0 Å². The first kappa shape index (κ1) is 39.2. The van der Waals surface area contributed by atoms with E-state index < -0.39 is 8.07 Å². The van der Waals surface area contributed by atoms with E-state index in [4.69, 9.17) is 13.9 Å². The summed E-state index contributed by atoms with van der Waals surface area (Å²) < 4.78 is 20.8. The van der Waals surface area contributed by atoms with E-state index in [0.717, 1.165) is 89.5 Å². The van der Waals surface area contributed by atoms with Crippen molar-refractivity contribution >= 4 is 102 Å². The molecule has 0 amide bonds. The van der Waals surface area contributed by atoms with Gasteiger partial charge in [0.05, 0.1) is 5.69 Å². The minimum absolute atomic E-state index is 0.0368. The molecular weight excluding hydrogens is 870 g/mol. The van der Waals surface area contributed by atoms with Crippen molar-refractivity contribution in [2.75, 3.05) is 4.90 Å². The van der Waals surface area contributed by atoms with E-state index in [1.807, 2.05) is 6.07 Å². The van der Waals surface area contributed by atoms with Gasteiger partial charge in [0.2, 0.25) is 0 Å². The van der Waals surface area contributed by atoms with Crippen LogP contribution in [0.3, 0.4) is 0 Å². The molecule has 12 aromatic rings. The number of fused-ring (bicyclic) bond motifs is 10. The van der Waals surface area contributed by atoms with Crippen LogP contribution in [0.1, 0.15) is 0 Å². The maximum Gasteiger partial charge on any atom is 0.260 e. The zero-order chi connectivity index (χ0) is 45.9. The van der Waals surface area contributed by atoms with E-state index in [1.165, 1.54) is 42.6 Å². The highest BCUT2D eigenvalue weighted by Gasteiger charge is 2.50. The quantitative estimate of drug-likeness (QED) is 0.161. The monoisotopic (exact) mass is 909 g/mol. The predicted octanol–water partition coefficient (Wildman–Crippen LogP) is 12.0. The molecule has 0 aliphatic carbocycles. The summed E-state index contributed by atoms with van der Waals surface area (Å²) in [6, 6.07) is 88.5. The first-order valence-corrected chi connectivity index (χ1v) is 26.0. The molecule has 0 N–H and O–H groups in total. The van der Waals surface area contributed by atoms with E-state index in [1.54, 1.807) is 0 Å². The molecule has 15 rings (SSSR count). The fourth-order valence-electron chi connectivity index (χ4n) is 12.1. The molecule has 3 aliphatic heterocycles. The van der Waals surface area contributed by atoms with Crippen molar-refractivity contribution in [3.8, 4) is 45.3 Å². The average Bonchev–Trinajstić information content (AvgIpc) is 3.82. The van der Waals surface area contributed by atoms with Crippen molar-refractivity contribution in [1.82, 2.24) is 0 Å². The number of hydrogen-bond acceptors (Lipinski definition) is 4. The summed E-state index contributed by atoms with van der Waals surface area (Å²) in [7, 11) is -3.16. The van der Waals surface area contributed by atoms with Gasteiger partial charge in [-0.05, 0) is 89.5 Å². The van der Waals surface area contributed by atoms with E-state index in [9.17, 15) is 0 Å². The first-order chi connectivity index (χ1) is 34.7. The number of nitrogens with zero attached hydrogens (tertiary/aromatic N) is 1. The van der Waals surface area contributed by atoms with Crippen molar-refractivity contribution in [3.63, 3.8) is 0 Å². The molecule has 0 spiro atoms. The van der Waals surface area contributed by atoms with Gasteiger partial charge in [0.1, 0.15) is 34.2 Å². The SMILES string of the molecule is c1ccc([Si]2(c3ccccc3)c3ccc(-c4cccc5c4oc4ccccc45)cc3N(c3cc4c5c(c3)Oc3ccccc3B5c3ccccc3O4)c3ccc(-c4cccc5ccccc45)cc32)cc1. The average molecular weight is 910 g/mol. The highest BCUT2D eigenvalue weighted by Crippen LogP contribution is 2.46. The number of rotatable bonds is 5. The second-order valence-corrected chi connectivity index (χ2v) is 22.4. The maximum absolute atomic E-state index is 7.00. The van der Waals surface area contributed by atoms with Crippen LogP contribution >= 0.6 is 0 Å². The molecule has 0 unspecified atom stereocenters. The van der Waals surface area contributed by atoms with Crippen LogP contribution < -0.4 is 51.5 Å². The summed E-state index contributed by atoms with van der Waals surface area (Å²) >= 11 is 0. The highest BCUT2D eigenvalue weighted by atomic mass is 28.3. The van der Waals surface area contributed by atoms with Gasteiger partial charge in [0, 0.05) is 45.3 Å². The summed E-state index contributed by atoms with van der Waals surface area (Å²) in [5, 5.41) is 9.88. The molecule has 1 aromatic heterocycles. The number of benzene rings is 11. The van der Waals surface area contributed by atoms with Gasteiger partial charge in [0.15, 0.2) is 8.07 Å². The Morgan fingerprint density at radius 1 is 0.386 bits per heavy atom. The number of para-hydroxylation sites is 4. The summed E-state index contributed by atoms with van der Waals surface area (Å²) in [6.45, 7) is -0.0368. The molecule has 0 fully saturated rings. The van der Waals surface area contributed by atoms with Crippen LogP contribution in [0.15, 0.2) is 247 Å². The molecule has 0 radical (unpaired) electrons. The fourth-order valence-corrected chi connectivity index (χ4v) is 17.2. The normalized spacial score (nSPS) is 13.7. The third-order valence-electron chi connectivity index (χ3n) is 15.0. The topological polar surface area (TPSA) is 34.8 Å². The lowest BCUT2D eigenvalue weighted by Gasteiger charge is -2.46. The van der Waals surface area contributed by atoms with Crippen LogP contribution in [0.4, 0.5) is 17.1 Å². The van der Waals surface area contributed by atoms with Crippen molar-refractivity contribution in [3.05, 3.63) is 243 Å². The van der Waals surface area contributed by atoms with E-state index >= 15 is 0 Å². The largest absolute Gasteiger partial charge is 0.458 e. The Hall–Kier alpha value is -8.84. The molecule has 11 aromatic carbocycles. The minimum Gasteiger partial charge on any atom is -0.458 e. The van der Waals surface area contributed by atoms with Crippen LogP contribution in [0, 0.1) is 0 Å². The molecular formula is C64H40BNO3Si. The van der Waals surface area contributed by atoms with E-state index in [0.29, 0.717) is 0 Å². The van der Waals surface area contributed by atoms with Gasteiger partial charge in [-0.3, -0.25) is 0 Å². The molecule has 4 nitrogen and oxygen atoms in total. The lowest BCUT2D eigenvalue weighted by atomic mass is 9.35. The third-order valence-corrected chi connectivity index (χ3v) is 19.9. The Morgan fingerprint density at radius 3 is 1.70 bits per heavy atom. The Labute approximate surface area is 406 Å². The number of furan rings is 1. The van der Waals surface area contributed by atoms with Crippen molar-refractivity contribution in [2.24, 2.45) is 0 Å². The Balaban J connectivity index is 1.05. The predicted molar refractivity (Wildman–Crippen MR) is 292 cm³/mol. The van der Waals surface area contributed by atoms with Crippen LogP contribution in [-0.4, -0.2) is 14.8 Å². The molecule has 70 heavy (non-hydrogen) atoms. The van der Waals surface area contributed by atoms with Crippen LogP contribution in [0.5, 0.6) is 23.0 Å². The Bertz CT molecular complexity index is 4000. The highest BCUT2D eigenvalue weighted by molar-refractivity contribution is 7.21. The molecule has 0 saturated heterocycles. The lowest BCUT2D eigenvalue weighted by Crippen LogP contribution is -2.77. The smallest absolute Gasteiger partial charge is 0.260 e. The molecule has 3 aliphatic rings. The second kappa shape index (κ2) is 15.1. The van der Waals surface area contributed by atoms with Crippen molar-refractivity contribution < 1.29 is 13.9 Å². The lowest BCUT2D eigenvalue weighted by molar-refractivity contribution is 0.465. The second-order valence-electron chi connectivity index (χ2n) is 18.7. The molecule has 326 valence electrons. The van der Waals surface area contributed by atoms with Gasteiger partial charge >= 0.3 is 0 Å². The molecule has 0 saturated carbocycles. The number of hydrogen-bond donors (Lipinski definition) is 0. The van der Waals surface area contributed by atoms with Gasteiger partial charge in [0.25, 0.3) is 6.71 Å². The van der Waals surface area contributed by atoms with Crippen LogP contribution in [-0.2, 0) is 0 Å². The third kappa shape index (κ3) is 5.59. The minimum atomic E-state index is -3.16. The summed E-state index contributed by atoms with van der Waals surface area (Å²) in [5.74, 6) is 3.31. The first-order valence-electron chi connectivity index (χ1n) is 24.0. The van der Waals surface area contributed by atoms with Crippen LogP contribution in [0.25, 0.3) is 55.0 Å². The van der Waals surface area contributed by atoms with Gasteiger partial charge in [-0.1, -0.05) is 200 Å². The summed E-state index contributed by atoms with van der Waals surface area (Å²) in [4.78, 5) is 2.48. The van der Waals surface area contributed by atoms with Crippen LogP contribution in [0.2, 0.25) is 0 Å². The summed E-state index contributed by atoms with van der Waals surface area (Å²) in [6.07, 6.45) is 0. The van der Waals surface area contributed by atoms with E-state index in [-0.39, 0.29) is 6.71 Å². The van der Waals surface area contributed by atoms with Gasteiger partial charge in [-0.15, -0.1) is 0 Å². The van der Waals surface area contributed by atoms with Gasteiger partial charge < -0.3 is 18.8 Å².